The zero-order chi connectivity index (χ0) is 6.24. The first-order valence-electron chi connectivity index (χ1n) is 3.18. The van der Waals surface area contributed by atoms with E-state index in [4.69, 9.17) is 4.74 Å². The summed E-state index contributed by atoms with van der Waals surface area (Å²) in [6.45, 7) is 5.20. The van der Waals surface area contributed by atoms with Gasteiger partial charge < -0.3 is 4.74 Å². The monoisotopic (exact) mass is 130 g/mol. The Morgan fingerprint density at radius 3 is 2.88 bits per heavy atom. The van der Waals surface area contributed by atoms with E-state index in [9.17, 15) is 0 Å². The second-order valence-corrected chi connectivity index (χ2v) is 2.94. The summed E-state index contributed by atoms with van der Waals surface area (Å²) < 4.78 is 5.08. The summed E-state index contributed by atoms with van der Waals surface area (Å²) in [6.07, 6.45) is 2.94. The van der Waals surface area contributed by atoms with Crippen LogP contribution in [0.15, 0.2) is 12.0 Å². The van der Waals surface area contributed by atoms with E-state index >= 15 is 0 Å². The van der Waals surface area contributed by atoms with Gasteiger partial charge in [-0.25, -0.2) is 0 Å². The van der Waals surface area contributed by atoms with Crippen molar-refractivity contribution in [1.82, 2.24) is 0 Å². The van der Waals surface area contributed by atoms with Crippen molar-refractivity contribution < 1.29 is 4.74 Å². The quantitative estimate of drug-likeness (QED) is 0.314. The first-order valence-corrected chi connectivity index (χ1v) is 5.41. The largest absolute Gasteiger partial charge is 0.502 e. The number of ether oxygens (including phenoxy) is 1. The van der Waals surface area contributed by atoms with Crippen LogP contribution < -0.4 is 0 Å². The Balaban J connectivity index is 2.80. The van der Waals surface area contributed by atoms with Gasteiger partial charge >= 0.3 is 0 Å². The minimum Gasteiger partial charge on any atom is -0.502 e. The summed E-state index contributed by atoms with van der Waals surface area (Å²) in [4.78, 5) is 0. The summed E-state index contributed by atoms with van der Waals surface area (Å²) in [5.74, 6) is 0. The van der Waals surface area contributed by atoms with Gasteiger partial charge in [0.1, 0.15) is 0 Å². The Morgan fingerprint density at radius 1 is 1.62 bits per heavy atom. The molecule has 0 bridgehead atoms. The SMILES string of the molecule is CCCOC=C[SiH2]C. The molecule has 0 heterocycles. The Bertz CT molecular complexity index is 61.5. The van der Waals surface area contributed by atoms with Gasteiger partial charge in [0.25, 0.3) is 0 Å². The van der Waals surface area contributed by atoms with Gasteiger partial charge in [-0.3, -0.25) is 0 Å². The molecule has 0 fully saturated rings. The fourth-order valence-corrected chi connectivity index (χ4v) is 0.679. The smallest absolute Gasteiger partial charge is 0.0870 e. The maximum absolute atomic E-state index is 5.08. The maximum Gasteiger partial charge on any atom is 0.0870 e. The van der Waals surface area contributed by atoms with Crippen LogP contribution in [0.5, 0.6) is 0 Å². The van der Waals surface area contributed by atoms with E-state index in [1.807, 2.05) is 6.26 Å². The third kappa shape index (κ3) is 5.76. The first kappa shape index (κ1) is 7.76. The topological polar surface area (TPSA) is 9.23 Å². The van der Waals surface area contributed by atoms with Crippen LogP contribution in [-0.4, -0.2) is 16.1 Å². The minimum absolute atomic E-state index is 0.0805. The fourth-order valence-electron chi connectivity index (χ4n) is 0.350. The Labute approximate surface area is 53.6 Å². The number of rotatable bonds is 4. The molecule has 0 radical (unpaired) electrons. The molecule has 1 nitrogen and oxygen atoms in total. The van der Waals surface area contributed by atoms with Crippen LogP contribution in [0.4, 0.5) is 0 Å². The lowest BCUT2D eigenvalue weighted by molar-refractivity contribution is 0.250. The van der Waals surface area contributed by atoms with Crippen molar-refractivity contribution in [2.24, 2.45) is 0 Å². The molecule has 0 amide bonds. The number of hydrogen-bond donors (Lipinski definition) is 0. The summed E-state index contributed by atoms with van der Waals surface area (Å²) >= 11 is 0. The second kappa shape index (κ2) is 6.76. The summed E-state index contributed by atoms with van der Waals surface area (Å²) in [6, 6.07) is 0. The van der Waals surface area contributed by atoms with E-state index in [0.717, 1.165) is 13.0 Å². The average molecular weight is 130 g/mol. The normalized spacial score (nSPS) is 11.8. The molecule has 0 aliphatic carbocycles. The maximum atomic E-state index is 5.08. The van der Waals surface area contributed by atoms with Crippen molar-refractivity contribution in [3.8, 4) is 0 Å². The predicted octanol–water partition coefficient (Wildman–Crippen LogP) is 1.10. The molecule has 2 heteroatoms. The van der Waals surface area contributed by atoms with Crippen LogP contribution in [0, 0.1) is 0 Å². The molecule has 0 atom stereocenters. The summed E-state index contributed by atoms with van der Waals surface area (Å²) in [5, 5.41) is 0. The van der Waals surface area contributed by atoms with Crippen molar-refractivity contribution in [3.05, 3.63) is 12.0 Å². The van der Waals surface area contributed by atoms with Crippen molar-refractivity contribution in [2.75, 3.05) is 6.61 Å². The van der Waals surface area contributed by atoms with E-state index < -0.39 is 0 Å². The lowest BCUT2D eigenvalue weighted by Gasteiger charge is -1.92. The Morgan fingerprint density at radius 2 is 2.38 bits per heavy atom. The molecule has 0 aromatic rings. The fraction of sp³-hybridized carbons (Fsp3) is 0.667. The Hall–Kier alpha value is -0.243. The van der Waals surface area contributed by atoms with Crippen LogP contribution in [0.2, 0.25) is 6.55 Å². The average Bonchev–Trinajstić information content (AvgIpc) is 1.81. The molecule has 0 spiro atoms. The highest BCUT2D eigenvalue weighted by molar-refractivity contribution is 6.40. The van der Waals surface area contributed by atoms with E-state index in [1.165, 1.54) is 0 Å². The molecule has 0 N–H and O–H groups in total. The van der Waals surface area contributed by atoms with Crippen molar-refractivity contribution in [2.45, 2.75) is 19.9 Å². The van der Waals surface area contributed by atoms with Crippen molar-refractivity contribution in [3.63, 3.8) is 0 Å². The van der Waals surface area contributed by atoms with E-state index in [-0.39, 0.29) is 9.52 Å². The summed E-state index contributed by atoms with van der Waals surface area (Å²) in [5.41, 5.74) is 2.15. The van der Waals surface area contributed by atoms with E-state index in [0.29, 0.717) is 0 Å². The standard InChI is InChI=1S/C6H14OSi/c1-3-4-7-5-6-8-2/h5-6H,3-4,8H2,1-2H3. The second-order valence-electron chi connectivity index (χ2n) is 1.65. The van der Waals surface area contributed by atoms with Crippen LogP contribution in [0.25, 0.3) is 0 Å². The molecule has 0 aliphatic heterocycles. The van der Waals surface area contributed by atoms with Gasteiger partial charge in [-0.2, -0.15) is 0 Å². The lowest BCUT2D eigenvalue weighted by Crippen LogP contribution is -1.82. The zero-order valence-corrected chi connectivity index (χ0v) is 7.10. The van der Waals surface area contributed by atoms with Gasteiger partial charge in [-0.1, -0.05) is 19.2 Å². The molecule has 0 unspecified atom stereocenters. The number of hydrogen-bond acceptors (Lipinski definition) is 1. The highest BCUT2D eigenvalue weighted by Gasteiger charge is 1.72. The van der Waals surface area contributed by atoms with Gasteiger partial charge in [-0.05, 0) is 6.42 Å². The van der Waals surface area contributed by atoms with Gasteiger partial charge in [0, 0.05) is 9.52 Å². The molecule has 0 saturated heterocycles. The highest BCUT2D eigenvalue weighted by Crippen LogP contribution is 1.79. The molecule has 0 rings (SSSR count). The molecule has 8 heavy (non-hydrogen) atoms. The molecule has 0 saturated carbocycles. The van der Waals surface area contributed by atoms with Crippen LogP contribution in [0.1, 0.15) is 13.3 Å². The third-order valence-electron chi connectivity index (χ3n) is 0.750. The molecule has 0 aromatic carbocycles. The van der Waals surface area contributed by atoms with Crippen LogP contribution in [-0.2, 0) is 4.74 Å². The van der Waals surface area contributed by atoms with Gasteiger partial charge in [0.15, 0.2) is 0 Å². The van der Waals surface area contributed by atoms with Crippen molar-refractivity contribution in [1.29, 1.82) is 0 Å². The van der Waals surface area contributed by atoms with Crippen LogP contribution >= 0.6 is 0 Å². The van der Waals surface area contributed by atoms with E-state index in [2.05, 4.69) is 19.2 Å². The van der Waals surface area contributed by atoms with Gasteiger partial charge in [0.05, 0.1) is 12.9 Å². The lowest BCUT2D eigenvalue weighted by atomic mass is 10.5. The van der Waals surface area contributed by atoms with Gasteiger partial charge in [-0.15, -0.1) is 0 Å². The first-order chi connectivity index (χ1) is 3.91. The molecule has 0 aromatic heterocycles. The van der Waals surface area contributed by atoms with Crippen molar-refractivity contribution >= 4 is 9.52 Å². The van der Waals surface area contributed by atoms with Crippen LogP contribution in [0.3, 0.4) is 0 Å². The zero-order valence-electron chi connectivity index (χ0n) is 5.68. The minimum atomic E-state index is 0.0805. The predicted molar refractivity (Wildman–Crippen MR) is 39.8 cm³/mol. The van der Waals surface area contributed by atoms with Gasteiger partial charge in [0.2, 0.25) is 0 Å². The Kier molecular flexibility index (Phi) is 6.55. The molecular formula is C6H14OSi. The molecule has 48 valence electrons. The molecular weight excluding hydrogens is 116 g/mol. The summed E-state index contributed by atoms with van der Waals surface area (Å²) in [7, 11) is 0.0805. The van der Waals surface area contributed by atoms with E-state index in [1.54, 1.807) is 0 Å². The third-order valence-corrected chi connectivity index (χ3v) is 1.41. The molecule has 0 aliphatic rings. The highest BCUT2D eigenvalue weighted by atomic mass is 28.2.